The molecular weight excluding hydrogens is 228 g/mol. The van der Waals surface area contributed by atoms with Crippen LogP contribution in [-0.4, -0.2) is 26.6 Å². The van der Waals surface area contributed by atoms with Gasteiger partial charge in [0, 0.05) is 25.1 Å². The summed E-state index contributed by atoms with van der Waals surface area (Å²) in [6.45, 7) is 0.554. The van der Waals surface area contributed by atoms with E-state index in [2.05, 4.69) is 5.32 Å². The molecule has 0 atom stereocenters. The van der Waals surface area contributed by atoms with Gasteiger partial charge in [-0.1, -0.05) is 0 Å². The van der Waals surface area contributed by atoms with E-state index < -0.39 is 0 Å². The molecule has 0 aliphatic carbocycles. The lowest BCUT2D eigenvalue weighted by atomic mass is 10.2. The van der Waals surface area contributed by atoms with Gasteiger partial charge in [0.05, 0.1) is 25.1 Å². The van der Waals surface area contributed by atoms with E-state index in [4.69, 9.17) is 26.8 Å². The summed E-state index contributed by atoms with van der Waals surface area (Å²) >= 11 is 5.57. The number of alkyl halides is 1. The fraction of sp³-hybridized carbons (Fsp3) is 0.455. The predicted molar refractivity (Wildman–Crippen MR) is 67.8 cm³/mol. The highest BCUT2D eigenvalue weighted by atomic mass is 35.5. The van der Waals surface area contributed by atoms with Crippen LogP contribution in [0.5, 0.6) is 11.5 Å². The molecule has 0 aliphatic heterocycles. The third kappa shape index (κ3) is 3.10. The molecule has 0 bridgehead atoms. The van der Waals surface area contributed by atoms with Crippen molar-refractivity contribution in [2.75, 3.05) is 37.7 Å². The quantitative estimate of drug-likeness (QED) is 0.458. The maximum atomic E-state index is 5.84. The van der Waals surface area contributed by atoms with Gasteiger partial charge in [0.15, 0.2) is 11.5 Å². The molecule has 4 nitrogen and oxygen atoms in total. The van der Waals surface area contributed by atoms with Crippen LogP contribution in [0.3, 0.4) is 0 Å². The fourth-order valence-corrected chi connectivity index (χ4v) is 1.41. The number of rotatable bonds is 6. The number of nitrogens with two attached hydrogens (primary N) is 1. The first-order chi connectivity index (χ1) is 7.72. The number of halogens is 1. The van der Waals surface area contributed by atoms with Crippen LogP contribution in [0.1, 0.15) is 6.42 Å². The monoisotopic (exact) mass is 244 g/mol. The normalized spacial score (nSPS) is 9.94. The van der Waals surface area contributed by atoms with Crippen molar-refractivity contribution >= 4 is 23.0 Å². The Morgan fingerprint density at radius 1 is 1.38 bits per heavy atom. The summed E-state index contributed by atoms with van der Waals surface area (Å²) in [7, 11) is 3.40. The second-order valence-corrected chi connectivity index (χ2v) is 3.61. The molecular formula is C11H17ClN2O2. The zero-order valence-corrected chi connectivity index (χ0v) is 10.3. The van der Waals surface area contributed by atoms with Crippen LogP contribution in [0.15, 0.2) is 12.1 Å². The smallest absolute Gasteiger partial charge is 0.163 e. The van der Waals surface area contributed by atoms with Gasteiger partial charge in [0.1, 0.15) is 0 Å². The molecule has 0 spiro atoms. The average molecular weight is 245 g/mol. The number of hydrogen-bond donors (Lipinski definition) is 2. The highest BCUT2D eigenvalue weighted by Gasteiger charge is 2.08. The van der Waals surface area contributed by atoms with Crippen LogP contribution >= 0.6 is 11.6 Å². The Balaban J connectivity index is 2.85. The predicted octanol–water partition coefficient (Wildman–Crippen LogP) is 2.33. The summed E-state index contributed by atoms with van der Waals surface area (Å²) < 4.78 is 10.8. The molecule has 0 heterocycles. The minimum Gasteiger partial charge on any atom is -0.493 e. The van der Waals surface area contributed by atoms with Crippen LogP contribution in [0.25, 0.3) is 0 Å². The van der Waals surface area contributed by atoms with Gasteiger partial charge in [-0.2, -0.15) is 0 Å². The van der Waals surface area contributed by atoms with E-state index >= 15 is 0 Å². The number of ether oxygens (including phenoxy) is 2. The standard InChI is InChI=1S/C11H17ClN2O2/c1-14-9-7-10(15-2)11(6-8(9)13)16-5-3-4-12/h6-7,14H,3-5,13H2,1-2H3. The van der Waals surface area contributed by atoms with Gasteiger partial charge in [-0.15, -0.1) is 11.6 Å². The molecule has 90 valence electrons. The number of anilines is 2. The molecule has 0 amide bonds. The number of nitrogen functional groups attached to an aromatic ring is 1. The van der Waals surface area contributed by atoms with Crippen molar-refractivity contribution in [1.29, 1.82) is 0 Å². The van der Waals surface area contributed by atoms with E-state index in [0.717, 1.165) is 12.1 Å². The van der Waals surface area contributed by atoms with Crippen molar-refractivity contribution in [3.05, 3.63) is 12.1 Å². The largest absolute Gasteiger partial charge is 0.493 e. The number of hydrogen-bond acceptors (Lipinski definition) is 4. The highest BCUT2D eigenvalue weighted by molar-refractivity contribution is 6.17. The number of methoxy groups -OCH3 is 1. The maximum absolute atomic E-state index is 5.84. The molecule has 1 aromatic rings. The van der Waals surface area contributed by atoms with Crippen molar-refractivity contribution in [3.63, 3.8) is 0 Å². The number of benzene rings is 1. The maximum Gasteiger partial charge on any atom is 0.163 e. The summed E-state index contributed by atoms with van der Waals surface area (Å²) in [5.74, 6) is 1.88. The molecule has 0 unspecified atom stereocenters. The third-order valence-corrected chi connectivity index (χ3v) is 2.41. The summed E-state index contributed by atoms with van der Waals surface area (Å²) in [4.78, 5) is 0. The second-order valence-electron chi connectivity index (χ2n) is 3.23. The van der Waals surface area contributed by atoms with E-state index in [1.807, 2.05) is 6.07 Å². The van der Waals surface area contributed by atoms with Gasteiger partial charge in [-0.05, 0) is 6.42 Å². The highest BCUT2D eigenvalue weighted by Crippen LogP contribution is 2.34. The van der Waals surface area contributed by atoms with E-state index in [1.165, 1.54) is 0 Å². The van der Waals surface area contributed by atoms with Crippen LogP contribution < -0.4 is 20.5 Å². The van der Waals surface area contributed by atoms with Crippen molar-refractivity contribution in [1.82, 2.24) is 0 Å². The molecule has 0 aliphatic rings. The van der Waals surface area contributed by atoms with Gasteiger partial charge >= 0.3 is 0 Å². The zero-order chi connectivity index (χ0) is 12.0. The Bertz CT molecular complexity index is 345. The van der Waals surface area contributed by atoms with Gasteiger partial charge in [-0.3, -0.25) is 0 Å². The average Bonchev–Trinajstić information content (AvgIpc) is 2.30. The number of nitrogens with one attached hydrogen (secondary N) is 1. The molecule has 5 heteroatoms. The zero-order valence-electron chi connectivity index (χ0n) is 9.55. The van der Waals surface area contributed by atoms with Crippen LogP contribution in [0.2, 0.25) is 0 Å². The first kappa shape index (κ1) is 12.8. The summed E-state index contributed by atoms with van der Waals surface area (Å²) in [6.07, 6.45) is 0.790. The first-order valence-electron chi connectivity index (χ1n) is 5.07. The third-order valence-electron chi connectivity index (χ3n) is 2.14. The summed E-state index contributed by atoms with van der Waals surface area (Å²) in [5.41, 5.74) is 7.29. The lowest BCUT2D eigenvalue weighted by Gasteiger charge is -2.13. The molecule has 0 fully saturated rings. The summed E-state index contributed by atoms with van der Waals surface area (Å²) in [5, 5.41) is 2.98. The van der Waals surface area contributed by atoms with Gasteiger partial charge < -0.3 is 20.5 Å². The Labute approximate surface area is 101 Å². The van der Waals surface area contributed by atoms with E-state index in [9.17, 15) is 0 Å². The summed E-state index contributed by atoms with van der Waals surface area (Å²) in [6, 6.07) is 3.56. The molecule has 0 aromatic heterocycles. The Morgan fingerprint density at radius 3 is 2.69 bits per heavy atom. The molecule has 0 saturated carbocycles. The van der Waals surface area contributed by atoms with E-state index in [-0.39, 0.29) is 0 Å². The lowest BCUT2D eigenvalue weighted by molar-refractivity contribution is 0.295. The van der Waals surface area contributed by atoms with E-state index in [0.29, 0.717) is 29.7 Å². The van der Waals surface area contributed by atoms with Crippen LogP contribution in [0.4, 0.5) is 11.4 Å². The fourth-order valence-electron chi connectivity index (χ4n) is 1.30. The first-order valence-corrected chi connectivity index (χ1v) is 5.60. The van der Waals surface area contributed by atoms with Crippen LogP contribution in [0, 0.1) is 0 Å². The second kappa shape index (κ2) is 6.33. The Hall–Kier alpha value is -1.29. The molecule has 0 radical (unpaired) electrons. The molecule has 3 N–H and O–H groups in total. The van der Waals surface area contributed by atoms with Crippen molar-refractivity contribution in [3.8, 4) is 11.5 Å². The molecule has 0 saturated heterocycles. The van der Waals surface area contributed by atoms with Gasteiger partial charge in [0.25, 0.3) is 0 Å². The minimum absolute atomic E-state index is 0.554. The SMILES string of the molecule is CNc1cc(OC)c(OCCCCl)cc1N. The van der Waals surface area contributed by atoms with Gasteiger partial charge in [-0.25, -0.2) is 0 Å². The molecule has 1 rings (SSSR count). The van der Waals surface area contributed by atoms with Crippen molar-refractivity contribution < 1.29 is 9.47 Å². The molecule has 1 aromatic carbocycles. The Kier molecular flexibility index (Phi) is 5.05. The van der Waals surface area contributed by atoms with Crippen molar-refractivity contribution in [2.45, 2.75) is 6.42 Å². The lowest BCUT2D eigenvalue weighted by Crippen LogP contribution is -2.02. The van der Waals surface area contributed by atoms with Gasteiger partial charge in [0.2, 0.25) is 0 Å². The minimum atomic E-state index is 0.554. The Morgan fingerprint density at radius 2 is 2.12 bits per heavy atom. The topological polar surface area (TPSA) is 56.5 Å². The molecule has 16 heavy (non-hydrogen) atoms. The van der Waals surface area contributed by atoms with Crippen molar-refractivity contribution in [2.24, 2.45) is 0 Å². The van der Waals surface area contributed by atoms with Crippen LogP contribution in [-0.2, 0) is 0 Å². The van der Waals surface area contributed by atoms with E-state index in [1.54, 1.807) is 20.2 Å².